The van der Waals surface area contributed by atoms with Crippen molar-refractivity contribution in [1.29, 1.82) is 5.26 Å². The fourth-order valence-electron chi connectivity index (χ4n) is 2.67. The Morgan fingerprint density at radius 1 is 1.35 bits per heavy atom. The third-order valence-electron chi connectivity index (χ3n) is 4.05. The molecule has 1 fully saturated rings. The summed E-state index contributed by atoms with van der Waals surface area (Å²) in [5.41, 5.74) is 1.48. The van der Waals surface area contributed by atoms with Crippen LogP contribution in [0.2, 0.25) is 5.02 Å². The van der Waals surface area contributed by atoms with Gasteiger partial charge in [0.2, 0.25) is 5.91 Å². The summed E-state index contributed by atoms with van der Waals surface area (Å²) in [6, 6.07) is 11.3. The fraction of sp³-hybridized carbons (Fsp3) is 0.353. The minimum Gasteiger partial charge on any atom is -0.356 e. The van der Waals surface area contributed by atoms with Gasteiger partial charge in [0, 0.05) is 35.7 Å². The summed E-state index contributed by atoms with van der Waals surface area (Å²) in [5.74, 6) is 0.715. The van der Waals surface area contributed by atoms with Crippen LogP contribution in [0, 0.1) is 17.2 Å². The number of carbonyl (C=O) groups excluding carboxylic acids is 1. The highest BCUT2D eigenvalue weighted by Gasteiger charge is 2.23. The highest BCUT2D eigenvalue weighted by molar-refractivity contribution is 6.30. The fourth-order valence-corrected chi connectivity index (χ4v) is 2.80. The molecule has 0 radical (unpaired) electrons. The Labute approximate surface area is 139 Å². The Hall–Kier alpha value is -2.32. The van der Waals surface area contributed by atoms with E-state index >= 15 is 0 Å². The normalized spacial score (nSPS) is 15.4. The maximum atomic E-state index is 12.3. The van der Waals surface area contributed by atoms with Crippen molar-refractivity contribution in [3.8, 4) is 17.4 Å². The van der Waals surface area contributed by atoms with Gasteiger partial charge in [0.15, 0.2) is 5.76 Å². The van der Waals surface area contributed by atoms with E-state index in [1.807, 2.05) is 12.1 Å². The van der Waals surface area contributed by atoms with Gasteiger partial charge >= 0.3 is 0 Å². The van der Waals surface area contributed by atoms with Crippen molar-refractivity contribution in [1.82, 2.24) is 10.1 Å². The third kappa shape index (κ3) is 3.72. The van der Waals surface area contributed by atoms with E-state index in [2.05, 4.69) is 11.2 Å². The lowest BCUT2D eigenvalue weighted by molar-refractivity contribution is -0.131. The zero-order chi connectivity index (χ0) is 16.2. The number of aromatic nitrogens is 1. The van der Waals surface area contributed by atoms with E-state index in [1.54, 1.807) is 23.1 Å². The minimum atomic E-state index is 0.0253. The lowest BCUT2D eigenvalue weighted by atomic mass is 9.98. The maximum absolute atomic E-state index is 12.3. The number of nitrogens with zero attached hydrogens (tertiary/aromatic N) is 3. The molecule has 0 bridgehead atoms. The van der Waals surface area contributed by atoms with Crippen LogP contribution in [-0.2, 0) is 11.2 Å². The van der Waals surface area contributed by atoms with Crippen molar-refractivity contribution in [2.24, 2.45) is 5.92 Å². The first kappa shape index (κ1) is 15.6. The largest absolute Gasteiger partial charge is 0.356 e. The Morgan fingerprint density at radius 3 is 2.70 bits per heavy atom. The molecule has 23 heavy (non-hydrogen) atoms. The number of hydrogen-bond donors (Lipinski definition) is 0. The lowest BCUT2D eigenvalue weighted by Gasteiger charge is -2.28. The molecule has 5 nitrogen and oxygen atoms in total. The monoisotopic (exact) mass is 329 g/mol. The van der Waals surface area contributed by atoms with Crippen molar-refractivity contribution in [3.63, 3.8) is 0 Å². The molecule has 3 rings (SSSR count). The van der Waals surface area contributed by atoms with E-state index in [0.717, 1.165) is 18.4 Å². The van der Waals surface area contributed by atoms with Gasteiger partial charge in [-0.3, -0.25) is 4.79 Å². The molecule has 2 aromatic rings. The lowest BCUT2D eigenvalue weighted by Crippen LogP contribution is -2.39. The number of benzene rings is 1. The van der Waals surface area contributed by atoms with Gasteiger partial charge < -0.3 is 9.42 Å². The standard InChI is InChI=1S/C17H16ClN3O2/c18-14-3-1-13(2-4-14)16-9-15(20-23-16)10-17(22)21-7-5-12(11-19)6-8-21/h1-4,9,12H,5-8,10H2. The van der Waals surface area contributed by atoms with Gasteiger partial charge in [-0.1, -0.05) is 16.8 Å². The van der Waals surface area contributed by atoms with Crippen LogP contribution in [-0.4, -0.2) is 29.1 Å². The molecule has 1 aliphatic rings. The molecule has 1 aliphatic heterocycles. The molecule has 1 aromatic carbocycles. The number of amides is 1. The Bertz CT molecular complexity index is 725. The van der Waals surface area contributed by atoms with Crippen molar-refractivity contribution in [2.75, 3.05) is 13.1 Å². The van der Waals surface area contributed by atoms with Crippen molar-refractivity contribution in [2.45, 2.75) is 19.3 Å². The second kappa shape index (κ2) is 6.84. The second-order valence-electron chi connectivity index (χ2n) is 5.65. The smallest absolute Gasteiger partial charge is 0.228 e. The Balaban J connectivity index is 1.62. The summed E-state index contributed by atoms with van der Waals surface area (Å²) in [6.07, 6.45) is 1.71. The predicted molar refractivity (Wildman–Crippen MR) is 85.6 cm³/mol. The molecule has 0 aliphatic carbocycles. The molecule has 1 saturated heterocycles. The van der Waals surface area contributed by atoms with E-state index < -0.39 is 0 Å². The van der Waals surface area contributed by atoms with Gasteiger partial charge in [-0.2, -0.15) is 5.26 Å². The van der Waals surface area contributed by atoms with Crippen molar-refractivity contribution in [3.05, 3.63) is 41.0 Å². The van der Waals surface area contributed by atoms with E-state index in [1.165, 1.54) is 0 Å². The Kier molecular flexibility index (Phi) is 4.63. The molecule has 0 N–H and O–H groups in total. The van der Waals surface area contributed by atoms with Crippen LogP contribution in [0.5, 0.6) is 0 Å². The van der Waals surface area contributed by atoms with E-state index in [4.69, 9.17) is 21.4 Å². The number of halogens is 1. The molecule has 118 valence electrons. The number of rotatable bonds is 3. The first-order valence-electron chi connectivity index (χ1n) is 7.54. The van der Waals surface area contributed by atoms with Crippen LogP contribution >= 0.6 is 11.6 Å². The molecular formula is C17H16ClN3O2. The highest BCUT2D eigenvalue weighted by Crippen LogP contribution is 2.23. The average Bonchev–Trinajstić information content (AvgIpc) is 3.04. The molecular weight excluding hydrogens is 314 g/mol. The van der Waals surface area contributed by atoms with E-state index in [0.29, 0.717) is 29.6 Å². The topological polar surface area (TPSA) is 70.1 Å². The number of piperidine rings is 1. The highest BCUT2D eigenvalue weighted by atomic mass is 35.5. The molecule has 1 aromatic heterocycles. The van der Waals surface area contributed by atoms with Gasteiger partial charge in [0.05, 0.1) is 18.2 Å². The van der Waals surface area contributed by atoms with Crippen LogP contribution in [0.25, 0.3) is 11.3 Å². The zero-order valence-corrected chi connectivity index (χ0v) is 13.3. The average molecular weight is 330 g/mol. The first-order chi connectivity index (χ1) is 11.2. The predicted octanol–water partition coefficient (Wildman–Crippen LogP) is 3.30. The number of carbonyl (C=O) groups is 1. The quantitative estimate of drug-likeness (QED) is 0.866. The van der Waals surface area contributed by atoms with Gasteiger partial charge in [-0.25, -0.2) is 0 Å². The second-order valence-corrected chi connectivity index (χ2v) is 6.09. The van der Waals surface area contributed by atoms with Crippen molar-refractivity contribution < 1.29 is 9.32 Å². The number of likely N-dealkylation sites (tertiary alicyclic amines) is 1. The molecule has 0 atom stereocenters. The van der Waals surface area contributed by atoms with Crippen LogP contribution in [0.1, 0.15) is 18.5 Å². The summed E-state index contributed by atoms with van der Waals surface area (Å²) >= 11 is 5.86. The number of hydrogen-bond acceptors (Lipinski definition) is 4. The maximum Gasteiger partial charge on any atom is 0.228 e. The minimum absolute atomic E-state index is 0.0253. The van der Waals surface area contributed by atoms with E-state index in [-0.39, 0.29) is 18.2 Å². The molecule has 1 amide bonds. The van der Waals surface area contributed by atoms with Crippen molar-refractivity contribution >= 4 is 17.5 Å². The van der Waals surface area contributed by atoms with Gasteiger partial charge in [0.1, 0.15) is 0 Å². The summed E-state index contributed by atoms with van der Waals surface area (Å²) in [5, 5.41) is 13.5. The van der Waals surface area contributed by atoms with Gasteiger partial charge in [-0.05, 0) is 37.1 Å². The van der Waals surface area contributed by atoms with Gasteiger partial charge in [0.25, 0.3) is 0 Å². The van der Waals surface area contributed by atoms with Crippen LogP contribution in [0.3, 0.4) is 0 Å². The first-order valence-corrected chi connectivity index (χ1v) is 7.92. The van der Waals surface area contributed by atoms with E-state index in [9.17, 15) is 4.79 Å². The number of nitriles is 1. The summed E-state index contributed by atoms with van der Waals surface area (Å²) in [7, 11) is 0. The summed E-state index contributed by atoms with van der Waals surface area (Å²) in [6.45, 7) is 1.28. The molecule has 0 saturated carbocycles. The molecule has 0 spiro atoms. The Morgan fingerprint density at radius 2 is 2.04 bits per heavy atom. The van der Waals surface area contributed by atoms with Gasteiger partial charge in [-0.15, -0.1) is 0 Å². The van der Waals surface area contributed by atoms with Crippen LogP contribution in [0.15, 0.2) is 34.9 Å². The van der Waals surface area contributed by atoms with Crippen LogP contribution < -0.4 is 0 Å². The summed E-state index contributed by atoms with van der Waals surface area (Å²) < 4.78 is 5.31. The molecule has 0 unspecified atom stereocenters. The SMILES string of the molecule is N#CC1CCN(C(=O)Cc2cc(-c3ccc(Cl)cc3)on2)CC1. The van der Waals surface area contributed by atoms with Crippen LogP contribution in [0.4, 0.5) is 0 Å². The molecule has 2 heterocycles. The third-order valence-corrected chi connectivity index (χ3v) is 4.30. The molecule has 6 heteroatoms. The summed E-state index contributed by atoms with van der Waals surface area (Å²) in [4.78, 5) is 14.1. The zero-order valence-electron chi connectivity index (χ0n) is 12.5.